The van der Waals surface area contributed by atoms with Crippen LogP contribution in [0.3, 0.4) is 0 Å². The second-order valence-electron chi connectivity index (χ2n) is 2.36. The SMILES string of the molecule is CCOC(=O)C(N)c1ccncn1. The molecular weight excluding hydrogens is 170 g/mol. The molecule has 0 aliphatic carbocycles. The molecule has 70 valence electrons. The zero-order valence-electron chi connectivity index (χ0n) is 7.30. The Hall–Kier alpha value is -1.49. The van der Waals surface area contributed by atoms with Gasteiger partial charge in [0.15, 0.2) is 0 Å². The summed E-state index contributed by atoms with van der Waals surface area (Å²) in [5.74, 6) is -0.471. The molecule has 0 spiro atoms. The highest BCUT2D eigenvalue weighted by Gasteiger charge is 2.17. The largest absolute Gasteiger partial charge is 0.465 e. The summed E-state index contributed by atoms with van der Waals surface area (Å²) in [6, 6.07) is 0.768. The number of carbonyl (C=O) groups is 1. The van der Waals surface area contributed by atoms with Gasteiger partial charge in [-0.15, -0.1) is 0 Å². The molecule has 0 bridgehead atoms. The minimum Gasteiger partial charge on any atom is -0.465 e. The van der Waals surface area contributed by atoms with Crippen molar-refractivity contribution >= 4 is 5.97 Å². The summed E-state index contributed by atoms with van der Waals surface area (Å²) in [7, 11) is 0. The van der Waals surface area contributed by atoms with Crippen molar-refractivity contribution in [3.05, 3.63) is 24.3 Å². The highest BCUT2D eigenvalue weighted by atomic mass is 16.5. The predicted molar refractivity (Wildman–Crippen MR) is 45.6 cm³/mol. The Morgan fingerprint density at radius 2 is 2.54 bits per heavy atom. The second-order valence-corrected chi connectivity index (χ2v) is 2.36. The number of esters is 1. The molecule has 1 rings (SSSR count). The van der Waals surface area contributed by atoms with Gasteiger partial charge in [0, 0.05) is 6.20 Å². The van der Waals surface area contributed by atoms with E-state index in [9.17, 15) is 4.79 Å². The van der Waals surface area contributed by atoms with Crippen molar-refractivity contribution in [3.63, 3.8) is 0 Å². The average Bonchev–Trinajstić information content (AvgIpc) is 2.18. The topological polar surface area (TPSA) is 78.1 Å². The molecule has 2 N–H and O–H groups in total. The molecule has 1 unspecified atom stereocenters. The molecule has 0 aromatic carbocycles. The molecule has 1 heterocycles. The molecular formula is C8H11N3O2. The van der Waals surface area contributed by atoms with Crippen molar-refractivity contribution in [3.8, 4) is 0 Å². The van der Waals surface area contributed by atoms with E-state index in [2.05, 4.69) is 9.97 Å². The van der Waals surface area contributed by atoms with Crippen LogP contribution in [0.5, 0.6) is 0 Å². The van der Waals surface area contributed by atoms with Gasteiger partial charge in [-0.3, -0.25) is 0 Å². The van der Waals surface area contributed by atoms with Crippen LogP contribution in [-0.4, -0.2) is 22.5 Å². The van der Waals surface area contributed by atoms with Gasteiger partial charge in [-0.2, -0.15) is 0 Å². The lowest BCUT2D eigenvalue weighted by Gasteiger charge is -2.08. The zero-order chi connectivity index (χ0) is 9.68. The van der Waals surface area contributed by atoms with Crippen LogP contribution in [0.1, 0.15) is 18.7 Å². The molecule has 5 heteroatoms. The molecule has 13 heavy (non-hydrogen) atoms. The van der Waals surface area contributed by atoms with Gasteiger partial charge in [-0.25, -0.2) is 14.8 Å². The lowest BCUT2D eigenvalue weighted by molar-refractivity contribution is -0.144. The van der Waals surface area contributed by atoms with Crippen LogP contribution in [0.25, 0.3) is 0 Å². The van der Waals surface area contributed by atoms with Crippen LogP contribution in [0.4, 0.5) is 0 Å². The molecule has 5 nitrogen and oxygen atoms in total. The minimum atomic E-state index is -0.817. The lowest BCUT2D eigenvalue weighted by Crippen LogP contribution is -2.24. The maximum Gasteiger partial charge on any atom is 0.329 e. The first kappa shape index (κ1) is 9.60. The van der Waals surface area contributed by atoms with Gasteiger partial charge < -0.3 is 10.5 Å². The van der Waals surface area contributed by atoms with Crippen LogP contribution in [0.2, 0.25) is 0 Å². The van der Waals surface area contributed by atoms with Crippen LogP contribution in [-0.2, 0) is 9.53 Å². The first-order valence-electron chi connectivity index (χ1n) is 3.93. The molecule has 0 saturated carbocycles. The van der Waals surface area contributed by atoms with Crippen molar-refractivity contribution in [1.29, 1.82) is 0 Å². The highest BCUT2D eigenvalue weighted by Crippen LogP contribution is 2.06. The Morgan fingerprint density at radius 1 is 1.77 bits per heavy atom. The molecule has 0 amide bonds. The van der Waals surface area contributed by atoms with Gasteiger partial charge in [0.25, 0.3) is 0 Å². The van der Waals surface area contributed by atoms with Gasteiger partial charge in [0.05, 0.1) is 12.3 Å². The van der Waals surface area contributed by atoms with Gasteiger partial charge in [-0.05, 0) is 13.0 Å². The molecule has 1 aromatic rings. The van der Waals surface area contributed by atoms with Gasteiger partial charge in [0.2, 0.25) is 0 Å². The molecule has 1 atom stereocenters. The number of nitrogens with zero attached hydrogens (tertiary/aromatic N) is 2. The van der Waals surface area contributed by atoms with E-state index in [4.69, 9.17) is 10.5 Å². The molecule has 0 aliphatic rings. The van der Waals surface area contributed by atoms with Crippen molar-refractivity contribution in [2.24, 2.45) is 5.73 Å². The van der Waals surface area contributed by atoms with E-state index in [1.807, 2.05) is 0 Å². The smallest absolute Gasteiger partial charge is 0.329 e. The number of aromatic nitrogens is 2. The quantitative estimate of drug-likeness (QED) is 0.666. The Kier molecular flexibility index (Phi) is 3.33. The normalized spacial score (nSPS) is 12.2. The van der Waals surface area contributed by atoms with E-state index in [0.717, 1.165) is 0 Å². The van der Waals surface area contributed by atoms with Crippen molar-refractivity contribution in [2.75, 3.05) is 6.61 Å². The average molecular weight is 181 g/mol. The fraction of sp³-hybridized carbons (Fsp3) is 0.375. The van der Waals surface area contributed by atoms with Crippen LogP contribution >= 0.6 is 0 Å². The first-order chi connectivity index (χ1) is 6.25. The van der Waals surface area contributed by atoms with Crippen molar-refractivity contribution in [1.82, 2.24) is 9.97 Å². The Labute approximate surface area is 75.9 Å². The van der Waals surface area contributed by atoms with E-state index < -0.39 is 12.0 Å². The molecule has 0 aliphatic heterocycles. The monoisotopic (exact) mass is 181 g/mol. The number of carbonyl (C=O) groups excluding carboxylic acids is 1. The maximum absolute atomic E-state index is 11.1. The predicted octanol–water partition coefficient (Wildman–Crippen LogP) is 0.0395. The third-order valence-electron chi connectivity index (χ3n) is 1.46. The minimum absolute atomic E-state index is 0.317. The third-order valence-corrected chi connectivity index (χ3v) is 1.46. The van der Waals surface area contributed by atoms with E-state index in [0.29, 0.717) is 12.3 Å². The van der Waals surface area contributed by atoms with Crippen LogP contribution in [0.15, 0.2) is 18.6 Å². The van der Waals surface area contributed by atoms with Crippen LogP contribution in [0, 0.1) is 0 Å². The van der Waals surface area contributed by atoms with E-state index >= 15 is 0 Å². The Balaban J connectivity index is 2.68. The number of nitrogens with two attached hydrogens (primary N) is 1. The Bertz CT molecular complexity index is 276. The van der Waals surface area contributed by atoms with E-state index in [-0.39, 0.29) is 0 Å². The van der Waals surface area contributed by atoms with E-state index in [1.165, 1.54) is 12.5 Å². The Morgan fingerprint density at radius 3 is 3.08 bits per heavy atom. The summed E-state index contributed by atoms with van der Waals surface area (Å²) in [4.78, 5) is 18.7. The first-order valence-corrected chi connectivity index (χ1v) is 3.93. The summed E-state index contributed by atoms with van der Waals surface area (Å²) in [6.45, 7) is 2.04. The van der Waals surface area contributed by atoms with Crippen molar-refractivity contribution in [2.45, 2.75) is 13.0 Å². The van der Waals surface area contributed by atoms with Crippen molar-refractivity contribution < 1.29 is 9.53 Å². The standard InChI is InChI=1S/C8H11N3O2/c1-2-13-8(12)7(9)6-3-4-10-5-11-6/h3-5,7H,2,9H2,1H3. The molecule has 0 saturated heterocycles. The lowest BCUT2D eigenvalue weighted by atomic mass is 10.2. The van der Waals surface area contributed by atoms with Gasteiger partial charge >= 0.3 is 5.97 Å². The maximum atomic E-state index is 11.1. The number of hydrogen-bond donors (Lipinski definition) is 1. The van der Waals surface area contributed by atoms with E-state index in [1.54, 1.807) is 13.0 Å². The third kappa shape index (κ3) is 2.48. The van der Waals surface area contributed by atoms with Crippen LogP contribution < -0.4 is 5.73 Å². The highest BCUT2D eigenvalue weighted by molar-refractivity contribution is 5.76. The summed E-state index contributed by atoms with van der Waals surface area (Å²) in [6.07, 6.45) is 2.87. The molecule has 1 aromatic heterocycles. The second kappa shape index (κ2) is 4.51. The zero-order valence-corrected chi connectivity index (χ0v) is 7.30. The van der Waals surface area contributed by atoms with Gasteiger partial charge in [-0.1, -0.05) is 0 Å². The number of hydrogen-bond acceptors (Lipinski definition) is 5. The van der Waals surface area contributed by atoms with Gasteiger partial charge in [0.1, 0.15) is 12.4 Å². The number of ether oxygens (including phenoxy) is 1. The molecule has 0 radical (unpaired) electrons. The summed E-state index contributed by atoms with van der Waals surface area (Å²) < 4.78 is 4.73. The number of rotatable bonds is 3. The molecule has 0 fully saturated rings. The summed E-state index contributed by atoms with van der Waals surface area (Å²) >= 11 is 0. The summed E-state index contributed by atoms with van der Waals surface area (Å²) in [5.41, 5.74) is 6.03. The fourth-order valence-electron chi connectivity index (χ4n) is 0.838. The fourth-order valence-corrected chi connectivity index (χ4v) is 0.838. The summed E-state index contributed by atoms with van der Waals surface area (Å²) in [5, 5.41) is 0.